The van der Waals surface area contributed by atoms with E-state index in [1.54, 1.807) is 6.26 Å². The van der Waals surface area contributed by atoms with Crippen LogP contribution in [-0.2, 0) is 10.5 Å². The van der Waals surface area contributed by atoms with Gasteiger partial charge in [0.15, 0.2) is 0 Å². The van der Waals surface area contributed by atoms with E-state index in [0.717, 1.165) is 48.3 Å². The van der Waals surface area contributed by atoms with Crippen LogP contribution in [0.25, 0.3) is 0 Å². The highest BCUT2D eigenvalue weighted by molar-refractivity contribution is 7.62. The van der Waals surface area contributed by atoms with Gasteiger partial charge >= 0.3 is 16.5 Å². The maximum atomic E-state index is 12.0. The molecule has 2 amide bonds. The summed E-state index contributed by atoms with van der Waals surface area (Å²) in [5, 5.41) is 3.85. The smallest absolute Gasteiger partial charge is 0.356 e. The number of hydrogen-bond acceptors (Lipinski definition) is 4. The number of carbonyl (C=O) groups is 1. The molecule has 0 saturated carbocycles. The van der Waals surface area contributed by atoms with Gasteiger partial charge in [-0.15, -0.1) is 0 Å². The molecule has 1 aromatic rings. The summed E-state index contributed by atoms with van der Waals surface area (Å²) in [6.45, 7) is 8.93. The first-order chi connectivity index (χ1) is 15.4. The SMILES string of the molecule is CCCCCCCCCCCCC(NC(=O)N=S(=O)=O)c1coc([Si](CC)(CC)CC)c1. The average molecular weight is 485 g/mol. The molecule has 0 radical (unpaired) electrons. The van der Waals surface area contributed by atoms with Crippen LogP contribution in [0.2, 0.25) is 18.1 Å². The highest BCUT2D eigenvalue weighted by Gasteiger charge is 2.33. The predicted octanol–water partition coefficient (Wildman–Crippen LogP) is 7.12. The molecule has 8 heteroatoms. The molecular formula is C24H44N2O4SSi. The van der Waals surface area contributed by atoms with E-state index in [4.69, 9.17) is 4.42 Å². The number of furan rings is 1. The summed E-state index contributed by atoms with van der Waals surface area (Å²) in [5.74, 6) is 0. The third-order valence-electron chi connectivity index (χ3n) is 6.88. The molecule has 1 unspecified atom stereocenters. The minimum absolute atomic E-state index is 0.279. The van der Waals surface area contributed by atoms with Crippen molar-refractivity contribution in [2.24, 2.45) is 4.36 Å². The molecule has 1 heterocycles. The molecular weight excluding hydrogens is 440 g/mol. The van der Waals surface area contributed by atoms with Crippen LogP contribution < -0.4 is 10.7 Å². The van der Waals surface area contributed by atoms with Crippen molar-refractivity contribution in [3.05, 3.63) is 17.9 Å². The second kappa shape index (κ2) is 16.2. The van der Waals surface area contributed by atoms with Gasteiger partial charge in [-0.25, -0.2) is 4.79 Å². The minimum Gasteiger partial charge on any atom is -0.474 e. The lowest BCUT2D eigenvalue weighted by Gasteiger charge is -2.24. The van der Waals surface area contributed by atoms with Crippen LogP contribution in [0.1, 0.15) is 110 Å². The number of urea groups is 1. The lowest BCUT2D eigenvalue weighted by Crippen LogP contribution is -2.45. The van der Waals surface area contributed by atoms with Crippen molar-refractivity contribution < 1.29 is 17.6 Å². The Morgan fingerprint density at radius 3 is 1.97 bits per heavy atom. The first kappa shape index (κ1) is 28.6. The Morgan fingerprint density at radius 1 is 0.938 bits per heavy atom. The Morgan fingerprint density at radius 2 is 1.47 bits per heavy atom. The van der Waals surface area contributed by atoms with E-state index in [2.05, 4.69) is 43.4 Å². The van der Waals surface area contributed by atoms with Crippen molar-refractivity contribution in [3.8, 4) is 0 Å². The van der Waals surface area contributed by atoms with Crippen LogP contribution in [0.15, 0.2) is 21.1 Å². The highest BCUT2D eigenvalue weighted by atomic mass is 32.2. The van der Waals surface area contributed by atoms with Gasteiger partial charge in [-0.05, 0) is 12.5 Å². The zero-order valence-electron chi connectivity index (χ0n) is 20.6. The number of hydrogen-bond donors (Lipinski definition) is 1. The van der Waals surface area contributed by atoms with Crippen molar-refractivity contribution in [1.29, 1.82) is 0 Å². The maximum Gasteiger partial charge on any atom is 0.356 e. The molecule has 0 aliphatic rings. The Hall–Kier alpha value is -1.41. The lowest BCUT2D eigenvalue weighted by atomic mass is 10.0. The topological polar surface area (TPSA) is 88.7 Å². The summed E-state index contributed by atoms with van der Waals surface area (Å²) < 4.78 is 30.7. The van der Waals surface area contributed by atoms with E-state index in [1.165, 1.54) is 51.4 Å². The molecule has 0 fully saturated rings. The number of unbranched alkanes of at least 4 members (excludes halogenated alkanes) is 9. The van der Waals surface area contributed by atoms with Crippen LogP contribution in [0.5, 0.6) is 0 Å². The van der Waals surface area contributed by atoms with E-state index < -0.39 is 24.6 Å². The number of rotatable bonds is 17. The third kappa shape index (κ3) is 10.0. The second-order valence-electron chi connectivity index (χ2n) is 8.87. The van der Waals surface area contributed by atoms with Crippen LogP contribution in [-0.4, -0.2) is 22.5 Å². The first-order valence-electron chi connectivity index (χ1n) is 12.6. The number of nitrogens with one attached hydrogen (secondary N) is 1. The van der Waals surface area contributed by atoms with Crippen molar-refractivity contribution in [3.63, 3.8) is 0 Å². The van der Waals surface area contributed by atoms with Gasteiger partial charge in [0.05, 0.1) is 17.7 Å². The van der Waals surface area contributed by atoms with Gasteiger partial charge in [0.25, 0.3) is 0 Å². The van der Waals surface area contributed by atoms with Gasteiger partial charge in [0.1, 0.15) is 8.07 Å². The molecule has 1 atom stereocenters. The zero-order valence-corrected chi connectivity index (χ0v) is 22.4. The molecule has 184 valence electrons. The summed E-state index contributed by atoms with van der Waals surface area (Å²) in [7, 11) is -4.40. The molecule has 0 bridgehead atoms. The molecule has 0 saturated heterocycles. The van der Waals surface area contributed by atoms with E-state index in [9.17, 15) is 13.2 Å². The number of carbonyl (C=O) groups excluding carboxylic acids is 1. The maximum absolute atomic E-state index is 12.0. The molecule has 32 heavy (non-hydrogen) atoms. The molecule has 1 N–H and O–H groups in total. The van der Waals surface area contributed by atoms with Crippen LogP contribution >= 0.6 is 0 Å². The van der Waals surface area contributed by atoms with E-state index in [0.29, 0.717) is 0 Å². The lowest BCUT2D eigenvalue weighted by molar-refractivity contribution is 0.245. The molecule has 0 aromatic carbocycles. The van der Waals surface area contributed by atoms with E-state index in [1.807, 2.05) is 0 Å². The zero-order chi connectivity index (χ0) is 23.8. The molecule has 0 spiro atoms. The normalized spacial score (nSPS) is 12.5. The van der Waals surface area contributed by atoms with E-state index >= 15 is 0 Å². The van der Waals surface area contributed by atoms with Crippen LogP contribution in [0, 0.1) is 0 Å². The van der Waals surface area contributed by atoms with Crippen LogP contribution in [0.4, 0.5) is 4.79 Å². The van der Waals surface area contributed by atoms with Crippen molar-refractivity contribution >= 4 is 30.0 Å². The monoisotopic (exact) mass is 484 g/mol. The summed E-state index contributed by atoms with van der Waals surface area (Å²) in [5.41, 5.74) is 0.920. The van der Waals surface area contributed by atoms with Gasteiger partial charge in [-0.1, -0.05) is 114 Å². The minimum atomic E-state index is -2.75. The van der Waals surface area contributed by atoms with Crippen LogP contribution in [0.3, 0.4) is 0 Å². The second-order valence-corrected chi connectivity index (χ2v) is 14.7. The summed E-state index contributed by atoms with van der Waals surface area (Å²) >= 11 is 0. The fourth-order valence-electron chi connectivity index (χ4n) is 4.49. The average Bonchev–Trinajstić information content (AvgIpc) is 3.26. The van der Waals surface area contributed by atoms with Gasteiger partial charge in [-0.3, -0.25) is 0 Å². The van der Waals surface area contributed by atoms with Crippen molar-refractivity contribution in [2.75, 3.05) is 0 Å². The predicted molar refractivity (Wildman–Crippen MR) is 135 cm³/mol. The number of nitrogens with zero attached hydrogens (tertiary/aromatic N) is 1. The largest absolute Gasteiger partial charge is 0.474 e. The van der Waals surface area contributed by atoms with Crippen molar-refractivity contribution in [2.45, 2.75) is 122 Å². The molecule has 1 rings (SSSR count). The Balaban J connectivity index is 2.67. The van der Waals surface area contributed by atoms with Gasteiger partial charge in [0, 0.05) is 5.56 Å². The third-order valence-corrected chi connectivity index (χ3v) is 12.6. The standard InChI is InChI=1S/C24H44N2O4SSi/c1-5-9-10-11-12-13-14-15-16-17-18-22(25-24(27)26-31(28)29)21-19-23(30-20-21)32(6-2,7-3)8-4/h19-20,22H,5-18H2,1-4H3,(H,25,27). The van der Waals surface area contributed by atoms with Gasteiger partial charge in [-0.2, -0.15) is 8.42 Å². The highest BCUT2D eigenvalue weighted by Crippen LogP contribution is 2.26. The van der Waals surface area contributed by atoms with E-state index in [-0.39, 0.29) is 6.04 Å². The van der Waals surface area contributed by atoms with Gasteiger partial charge in [0.2, 0.25) is 0 Å². The Labute approximate surface area is 197 Å². The first-order valence-corrected chi connectivity index (χ1v) is 16.3. The summed E-state index contributed by atoms with van der Waals surface area (Å²) in [6, 6.07) is 4.35. The molecule has 6 nitrogen and oxygen atoms in total. The number of amides is 2. The Kier molecular flexibility index (Phi) is 14.5. The summed E-state index contributed by atoms with van der Waals surface area (Å²) in [4.78, 5) is 12.0. The quantitative estimate of drug-likeness (QED) is 0.188. The van der Waals surface area contributed by atoms with Gasteiger partial charge < -0.3 is 9.73 Å². The van der Waals surface area contributed by atoms with Crippen molar-refractivity contribution in [1.82, 2.24) is 5.32 Å². The molecule has 0 aliphatic heterocycles. The Bertz CT molecular complexity index is 771. The molecule has 0 aliphatic carbocycles. The summed E-state index contributed by atoms with van der Waals surface area (Å²) in [6.07, 6.45) is 14.9. The fraction of sp³-hybridized carbons (Fsp3) is 0.792. The molecule has 1 aromatic heterocycles. The fourth-order valence-corrected chi connectivity index (χ4v) is 8.00.